The van der Waals surface area contributed by atoms with Crippen LogP contribution in [0.2, 0.25) is 5.02 Å². The number of esters is 1. The molecule has 0 bridgehead atoms. The molecule has 12 nitrogen and oxygen atoms in total. The SMILES string of the molecule is Cc1sc(C(=O)c2cncnc2N[C@H]2CC(OC(=O)CN)[C@@H](COS(N)(=O)=O)C2)cc1Cc1cc(Cl)ccc1CCO. The highest BCUT2D eigenvalue weighted by atomic mass is 35.5. The molecule has 15 heteroatoms. The van der Waals surface area contributed by atoms with Crippen molar-refractivity contribution in [3.05, 3.63) is 73.8 Å². The third-order valence-electron chi connectivity index (χ3n) is 7.00. The molecule has 0 aliphatic heterocycles. The van der Waals surface area contributed by atoms with E-state index in [4.69, 9.17) is 31.4 Å². The largest absolute Gasteiger partial charge is 0.461 e. The van der Waals surface area contributed by atoms with Crippen LogP contribution in [0.3, 0.4) is 0 Å². The van der Waals surface area contributed by atoms with Gasteiger partial charge in [0, 0.05) is 41.1 Å². The molecule has 0 amide bonds. The van der Waals surface area contributed by atoms with E-state index < -0.39 is 28.3 Å². The highest BCUT2D eigenvalue weighted by Crippen LogP contribution is 2.33. The molecule has 1 unspecified atom stereocenters. The number of hydrogen-bond donors (Lipinski definition) is 4. The number of rotatable bonds is 13. The van der Waals surface area contributed by atoms with Gasteiger partial charge in [-0.05, 0) is 61.1 Å². The van der Waals surface area contributed by atoms with Crippen LogP contribution in [-0.2, 0) is 36.9 Å². The van der Waals surface area contributed by atoms with E-state index >= 15 is 0 Å². The molecular formula is C27H32ClN5O7S2. The van der Waals surface area contributed by atoms with Gasteiger partial charge in [0.1, 0.15) is 18.2 Å². The number of aryl methyl sites for hydroxylation is 1. The number of carbonyl (C=O) groups is 2. The van der Waals surface area contributed by atoms with E-state index in [2.05, 4.69) is 15.3 Å². The number of halogens is 1. The Labute approximate surface area is 252 Å². The summed E-state index contributed by atoms with van der Waals surface area (Å²) in [5.74, 6) is -1.09. The topological polar surface area (TPSA) is 197 Å². The maximum absolute atomic E-state index is 13.7. The number of nitrogens with two attached hydrogens (primary N) is 2. The maximum Gasteiger partial charge on any atom is 0.333 e. The van der Waals surface area contributed by atoms with Crippen molar-refractivity contribution in [2.45, 2.75) is 44.8 Å². The minimum atomic E-state index is -4.19. The summed E-state index contributed by atoms with van der Waals surface area (Å²) in [6.45, 7) is 1.35. The van der Waals surface area contributed by atoms with Crippen LogP contribution in [0.4, 0.5) is 5.82 Å². The Hall–Kier alpha value is -2.98. The van der Waals surface area contributed by atoms with Gasteiger partial charge >= 0.3 is 16.3 Å². The van der Waals surface area contributed by atoms with E-state index in [0.29, 0.717) is 41.4 Å². The van der Waals surface area contributed by atoms with E-state index in [0.717, 1.165) is 21.6 Å². The lowest BCUT2D eigenvalue weighted by molar-refractivity contribution is -0.149. The van der Waals surface area contributed by atoms with E-state index in [9.17, 15) is 23.1 Å². The number of benzene rings is 1. The van der Waals surface area contributed by atoms with Crippen LogP contribution in [0.25, 0.3) is 0 Å². The van der Waals surface area contributed by atoms with Crippen molar-refractivity contribution >= 4 is 50.8 Å². The number of anilines is 1. The Morgan fingerprint density at radius 2 is 2.00 bits per heavy atom. The average Bonchev–Trinajstić information content (AvgIpc) is 3.50. The number of nitrogens with one attached hydrogen (secondary N) is 1. The van der Waals surface area contributed by atoms with Gasteiger partial charge in [0.05, 0.1) is 23.6 Å². The zero-order valence-electron chi connectivity index (χ0n) is 22.8. The molecule has 4 rings (SSSR count). The molecule has 1 fully saturated rings. The lowest BCUT2D eigenvalue weighted by Crippen LogP contribution is -2.30. The fourth-order valence-electron chi connectivity index (χ4n) is 5.00. The van der Waals surface area contributed by atoms with Crippen LogP contribution in [0, 0.1) is 12.8 Å². The number of thiophene rings is 1. The van der Waals surface area contributed by atoms with Crippen molar-refractivity contribution in [2.24, 2.45) is 16.8 Å². The number of nitrogens with zero attached hydrogens (tertiary/aromatic N) is 2. The Bertz CT molecular complexity index is 1550. The van der Waals surface area contributed by atoms with Gasteiger partial charge in [-0.15, -0.1) is 11.3 Å². The van der Waals surface area contributed by atoms with Gasteiger partial charge in [0.25, 0.3) is 0 Å². The number of aliphatic hydroxyl groups is 1. The number of aliphatic hydroxyl groups excluding tert-OH is 1. The molecule has 6 N–H and O–H groups in total. The van der Waals surface area contributed by atoms with Crippen molar-refractivity contribution in [2.75, 3.05) is 25.1 Å². The minimum Gasteiger partial charge on any atom is -0.461 e. The average molecular weight is 638 g/mol. The standard InChI is InChI=1S/C27H32ClN5O7S2/c1-15-17(6-18-7-20(28)3-2-16(18)4-5-34)9-24(41-15)26(36)22-12-31-14-32-27(22)33-21-8-19(13-39-42(30,37)38)23(10-21)40-25(35)11-29/h2-3,7,9,12,14,19,21,23,34H,4-6,8,10-11,13,29H2,1H3,(H2,30,37,38)(H,31,32,33)/t19-,21-,23?/m1/s1. The van der Waals surface area contributed by atoms with Crippen molar-refractivity contribution in [3.8, 4) is 0 Å². The summed E-state index contributed by atoms with van der Waals surface area (Å²) in [5, 5.41) is 18.2. The Balaban J connectivity index is 1.52. The van der Waals surface area contributed by atoms with E-state index in [1.54, 1.807) is 6.07 Å². The molecule has 0 saturated heterocycles. The monoisotopic (exact) mass is 637 g/mol. The summed E-state index contributed by atoms with van der Waals surface area (Å²) in [4.78, 5) is 35.3. The molecule has 226 valence electrons. The predicted molar refractivity (Wildman–Crippen MR) is 158 cm³/mol. The van der Waals surface area contributed by atoms with Gasteiger partial charge in [-0.1, -0.05) is 17.7 Å². The molecule has 2 aromatic heterocycles. The molecule has 1 aromatic carbocycles. The number of hydrogen-bond acceptors (Lipinski definition) is 12. The highest BCUT2D eigenvalue weighted by molar-refractivity contribution is 7.84. The van der Waals surface area contributed by atoms with Crippen LogP contribution in [0.15, 0.2) is 36.8 Å². The van der Waals surface area contributed by atoms with Gasteiger partial charge in [-0.3, -0.25) is 13.8 Å². The zero-order chi connectivity index (χ0) is 30.4. The van der Waals surface area contributed by atoms with Gasteiger partial charge in [-0.2, -0.15) is 8.42 Å². The maximum atomic E-state index is 13.7. The normalized spacial score (nSPS) is 18.6. The number of aromatic nitrogens is 2. The first-order valence-corrected chi connectivity index (χ1v) is 15.8. The first-order chi connectivity index (χ1) is 20.0. The molecular weight excluding hydrogens is 606 g/mol. The minimum absolute atomic E-state index is 0.0157. The first kappa shape index (κ1) is 31.9. The summed E-state index contributed by atoms with van der Waals surface area (Å²) >= 11 is 7.59. The van der Waals surface area contributed by atoms with Crippen LogP contribution in [0.1, 0.15) is 49.6 Å². The number of ether oxygens (including phenoxy) is 1. The summed E-state index contributed by atoms with van der Waals surface area (Å²) in [6.07, 6.45) is 3.79. The fraction of sp³-hybridized carbons (Fsp3) is 0.407. The van der Waals surface area contributed by atoms with Gasteiger partial charge in [0.15, 0.2) is 0 Å². The van der Waals surface area contributed by atoms with E-state index in [1.165, 1.54) is 23.9 Å². The second-order valence-corrected chi connectivity index (χ2v) is 12.9. The Morgan fingerprint density at radius 1 is 1.21 bits per heavy atom. The third kappa shape index (κ3) is 8.31. The van der Waals surface area contributed by atoms with Crippen molar-refractivity contribution in [1.82, 2.24) is 9.97 Å². The van der Waals surface area contributed by atoms with Crippen LogP contribution in [0.5, 0.6) is 0 Å². The molecule has 1 aliphatic carbocycles. The summed E-state index contributed by atoms with van der Waals surface area (Å²) in [7, 11) is -4.19. The van der Waals surface area contributed by atoms with Gasteiger partial charge < -0.3 is 20.9 Å². The highest BCUT2D eigenvalue weighted by Gasteiger charge is 2.38. The van der Waals surface area contributed by atoms with E-state index in [1.807, 2.05) is 25.1 Å². The van der Waals surface area contributed by atoms with Crippen molar-refractivity contribution in [3.63, 3.8) is 0 Å². The van der Waals surface area contributed by atoms with Crippen LogP contribution >= 0.6 is 22.9 Å². The molecule has 2 heterocycles. The zero-order valence-corrected chi connectivity index (χ0v) is 25.2. The lowest BCUT2D eigenvalue weighted by Gasteiger charge is -2.18. The second-order valence-electron chi connectivity index (χ2n) is 9.95. The molecule has 3 atom stereocenters. The predicted octanol–water partition coefficient (Wildman–Crippen LogP) is 2.14. The summed E-state index contributed by atoms with van der Waals surface area (Å²) in [6, 6.07) is 7.08. The van der Waals surface area contributed by atoms with Crippen molar-refractivity contribution < 1.29 is 32.0 Å². The first-order valence-electron chi connectivity index (χ1n) is 13.1. The second kappa shape index (κ2) is 14.0. The lowest BCUT2D eigenvalue weighted by atomic mass is 9.98. The fourth-order valence-corrected chi connectivity index (χ4v) is 6.55. The number of ketones is 1. The van der Waals surface area contributed by atoms with Crippen LogP contribution in [-0.4, -0.2) is 67.1 Å². The van der Waals surface area contributed by atoms with Gasteiger partial charge in [-0.25, -0.2) is 15.1 Å². The summed E-state index contributed by atoms with van der Waals surface area (Å²) in [5.41, 5.74) is 8.58. The molecule has 0 radical (unpaired) electrons. The molecule has 1 saturated carbocycles. The van der Waals surface area contributed by atoms with Crippen LogP contribution < -0.4 is 16.2 Å². The molecule has 42 heavy (non-hydrogen) atoms. The third-order valence-corrected chi connectivity index (χ3v) is 8.79. The summed E-state index contributed by atoms with van der Waals surface area (Å²) < 4.78 is 32.8. The number of carbonyl (C=O) groups excluding carboxylic acids is 2. The van der Waals surface area contributed by atoms with Crippen molar-refractivity contribution in [1.29, 1.82) is 0 Å². The molecule has 1 aliphatic rings. The quantitative estimate of drug-likeness (QED) is 0.158. The van der Waals surface area contributed by atoms with Gasteiger partial charge in [0.2, 0.25) is 5.78 Å². The Morgan fingerprint density at radius 3 is 2.71 bits per heavy atom. The molecule has 3 aromatic rings. The Kier molecular flexibility index (Phi) is 10.6. The smallest absolute Gasteiger partial charge is 0.333 e. The molecule has 0 spiro atoms. The van der Waals surface area contributed by atoms with E-state index in [-0.39, 0.29) is 37.1 Å².